The Hall–Kier alpha value is -2.24. The number of amides is 1. The van der Waals surface area contributed by atoms with Gasteiger partial charge in [-0.3, -0.25) is 9.59 Å². The monoisotopic (exact) mass is 279 g/mol. The van der Waals surface area contributed by atoms with Crippen LogP contribution in [0.25, 0.3) is 0 Å². The van der Waals surface area contributed by atoms with E-state index in [9.17, 15) is 9.59 Å². The van der Waals surface area contributed by atoms with Crippen molar-refractivity contribution in [2.24, 2.45) is 5.92 Å². The number of rotatable bonds is 5. The molecule has 0 spiro atoms. The van der Waals surface area contributed by atoms with E-state index >= 15 is 0 Å². The molecular weight excluding hydrogens is 262 g/mol. The first-order valence-corrected chi connectivity index (χ1v) is 6.28. The maximum absolute atomic E-state index is 12.3. The Balaban J connectivity index is 2.09. The van der Waals surface area contributed by atoms with Crippen molar-refractivity contribution in [3.63, 3.8) is 0 Å². The number of ether oxygens (including phenoxy) is 2. The molecule has 0 aromatic heterocycles. The number of benzene rings is 1. The van der Waals surface area contributed by atoms with Crippen molar-refractivity contribution in [1.82, 2.24) is 4.90 Å². The lowest BCUT2D eigenvalue weighted by atomic mass is 9.95. The number of para-hydroxylation sites is 1. The number of methoxy groups -OCH3 is 2. The van der Waals surface area contributed by atoms with E-state index in [4.69, 9.17) is 14.6 Å². The van der Waals surface area contributed by atoms with Gasteiger partial charge in [0, 0.05) is 19.0 Å². The fourth-order valence-corrected chi connectivity index (χ4v) is 2.34. The highest BCUT2D eigenvalue weighted by Gasteiger charge is 2.34. The van der Waals surface area contributed by atoms with E-state index in [-0.39, 0.29) is 18.2 Å². The number of aliphatic carboxylic acids is 1. The van der Waals surface area contributed by atoms with Gasteiger partial charge in [0.25, 0.3) is 5.91 Å². The molecule has 2 rings (SSSR count). The Morgan fingerprint density at radius 1 is 1.30 bits per heavy atom. The lowest BCUT2D eigenvalue weighted by Gasteiger charge is -2.38. The van der Waals surface area contributed by atoms with Crippen molar-refractivity contribution >= 4 is 11.9 Å². The standard InChI is InChI=1S/C14H17NO5/c1-19-11-5-3-4-10(13(11)20-2)14(18)15-7-9(8-15)6-12(16)17/h3-5,9H,6-8H2,1-2H3,(H,16,17). The van der Waals surface area contributed by atoms with Crippen LogP contribution in [0.15, 0.2) is 18.2 Å². The van der Waals surface area contributed by atoms with Crippen molar-refractivity contribution in [3.8, 4) is 11.5 Å². The van der Waals surface area contributed by atoms with Crippen LogP contribution >= 0.6 is 0 Å². The molecule has 1 fully saturated rings. The van der Waals surface area contributed by atoms with Crippen LogP contribution in [0.4, 0.5) is 0 Å². The molecule has 1 aliphatic heterocycles. The molecule has 0 radical (unpaired) electrons. The Bertz CT molecular complexity index is 522. The van der Waals surface area contributed by atoms with Crippen LogP contribution in [0.1, 0.15) is 16.8 Å². The van der Waals surface area contributed by atoms with Crippen molar-refractivity contribution in [1.29, 1.82) is 0 Å². The van der Waals surface area contributed by atoms with Gasteiger partial charge in [-0.25, -0.2) is 0 Å². The van der Waals surface area contributed by atoms with Gasteiger partial charge in [0.1, 0.15) is 0 Å². The normalized spacial score (nSPS) is 14.6. The molecule has 1 heterocycles. The zero-order valence-corrected chi connectivity index (χ0v) is 11.5. The number of hydrogen-bond donors (Lipinski definition) is 1. The van der Waals surface area contributed by atoms with Crippen LogP contribution in [0.2, 0.25) is 0 Å². The summed E-state index contributed by atoms with van der Waals surface area (Å²) in [7, 11) is 3.00. The predicted molar refractivity (Wildman–Crippen MR) is 71.2 cm³/mol. The number of hydrogen-bond acceptors (Lipinski definition) is 4. The highest BCUT2D eigenvalue weighted by atomic mass is 16.5. The zero-order chi connectivity index (χ0) is 14.7. The quantitative estimate of drug-likeness (QED) is 0.878. The molecule has 108 valence electrons. The minimum Gasteiger partial charge on any atom is -0.493 e. The molecule has 0 saturated carbocycles. The number of likely N-dealkylation sites (tertiary alicyclic amines) is 1. The van der Waals surface area contributed by atoms with Gasteiger partial charge in [-0.15, -0.1) is 0 Å². The second kappa shape index (κ2) is 5.81. The highest BCUT2D eigenvalue weighted by molar-refractivity contribution is 5.98. The molecule has 1 N–H and O–H groups in total. The summed E-state index contributed by atoms with van der Waals surface area (Å²) in [6.45, 7) is 0.928. The van der Waals surface area contributed by atoms with Crippen molar-refractivity contribution in [2.75, 3.05) is 27.3 Å². The van der Waals surface area contributed by atoms with Crippen molar-refractivity contribution in [3.05, 3.63) is 23.8 Å². The first-order valence-electron chi connectivity index (χ1n) is 6.28. The van der Waals surface area contributed by atoms with Gasteiger partial charge in [-0.2, -0.15) is 0 Å². The van der Waals surface area contributed by atoms with Crippen LogP contribution in [-0.2, 0) is 4.79 Å². The molecule has 1 aromatic carbocycles. The van der Waals surface area contributed by atoms with Gasteiger partial charge in [-0.1, -0.05) is 6.07 Å². The third kappa shape index (κ3) is 2.68. The summed E-state index contributed by atoms with van der Waals surface area (Å²) in [6, 6.07) is 5.12. The molecule has 0 unspecified atom stereocenters. The topological polar surface area (TPSA) is 76.1 Å². The molecule has 0 aliphatic carbocycles. The summed E-state index contributed by atoms with van der Waals surface area (Å²) in [4.78, 5) is 24.6. The second-order valence-electron chi connectivity index (χ2n) is 4.72. The van der Waals surface area contributed by atoms with Crippen molar-refractivity contribution in [2.45, 2.75) is 6.42 Å². The molecule has 0 bridgehead atoms. The van der Waals surface area contributed by atoms with Gasteiger partial charge in [0.15, 0.2) is 11.5 Å². The summed E-state index contributed by atoms with van der Waals surface area (Å²) in [6.07, 6.45) is 0.0963. The largest absolute Gasteiger partial charge is 0.493 e. The van der Waals surface area contributed by atoms with E-state index in [1.54, 1.807) is 23.1 Å². The zero-order valence-electron chi connectivity index (χ0n) is 11.5. The van der Waals surface area contributed by atoms with Gasteiger partial charge in [0.05, 0.1) is 26.2 Å². The number of carboxylic acids is 1. The third-order valence-corrected chi connectivity index (χ3v) is 3.34. The van der Waals surface area contributed by atoms with E-state index < -0.39 is 5.97 Å². The average Bonchev–Trinajstić information content (AvgIpc) is 2.40. The average molecular weight is 279 g/mol. The molecule has 6 nitrogen and oxygen atoms in total. The number of carboxylic acid groups (broad SMARTS) is 1. The fraction of sp³-hybridized carbons (Fsp3) is 0.429. The fourth-order valence-electron chi connectivity index (χ4n) is 2.34. The molecule has 1 amide bonds. The molecule has 1 aromatic rings. The first kappa shape index (κ1) is 14.2. The maximum atomic E-state index is 12.3. The summed E-state index contributed by atoms with van der Waals surface area (Å²) >= 11 is 0. The molecule has 20 heavy (non-hydrogen) atoms. The van der Waals surface area contributed by atoms with Gasteiger partial charge >= 0.3 is 5.97 Å². The number of nitrogens with zero attached hydrogens (tertiary/aromatic N) is 1. The van der Waals surface area contributed by atoms with Crippen LogP contribution < -0.4 is 9.47 Å². The molecule has 1 saturated heterocycles. The van der Waals surface area contributed by atoms with Gasteiger partial charge in [-0.05, 0) is 12.1 Å². The lowest BCUT2D eigenvalue weighted by molar-refractivity contribution is -0.139. The van der Waals surface area contributed by atoms with Gasteiger partial charge in [0.2, 0.25) is 0 Å². The third-order valence-electron chi connectivity index (χ3n) is 3.34. The minimum absolute atomic E-state index is 0.0352. The summed E-state index contributed by atoms with van der Waals surface area (Å²) in [5, 5.41) is 8.70. The SMILES string of the molecule is COc1cccc(C(=O)N2CC(CC(=O)O)C2)c1OC. The smallest absolute Gasteiger partial charge is 0.303 e. The molecule has 0 atom stereocenters. The summed E-state index contributed by atoms with van der Waals surface area (Å²) < 4.78 is 10.4. The molecule has 1 aliphatic rings. The Kier molecular flexibility index (Phi) is 4.12. The van der Waals surface area contributed by atoms with Crippen LogP contribution in [-0.4, -0.2) is 49.2 Å². The summed E-state index contributed by atoms with van der Waals surface area (Å²) in [5.41, 5.74) is 0.431. The van der Waals surface area contributed by atoms with Crippen LogP contribution in [0, 0.1) is 5.92 Å². The van der Waals surface area contributed by atoms with E-state index in [0.29, 0.717) is 30.2 Å². The molecule has 6 heteroatoms. The second-order valence-corrected chi connectivity index (χ2v) is 4.72. The maximum Gasteiger partial charge on any atom is 0.303 e. The predicted octanol–water partition coefficient (Wildman–Crippen LogP) is 1.25. The van der Waals surface area contributed by atoms with Crippen molar-refractivity contribution < 1.29 is 24.2 Å². The Morgan fingerprint density at radius 3 is 2.55 bits per heavy atom. The van der Waals surface area contributed by atoms with Gasteiger partial charge < -0.3 is 19.5 Å². The lowest BCUT2D eigenvalue weighted by Crippen LogP contribution is -2.50. The number of carbonyl (C=O) groups is 2. The highest BCUT2D eigenvalue weighted by Crippen LogP contribution is 2.33. The minimum atomic E-state index is -0.832. The first-order chi connectivity index (χ1) is 9.56. The molecular formula is C14H17NO5. The van der Waals surface area contributed by atoms with Crippen LogP contribution in [0.5, 0.6) is 11.5 Å². The Labute approximate surface area is 116 Å². The Morgan fingerprint density at radius 2 is 2.00 bits per heavy atom. The van der Waals surface area contributed by atoms with E-state index in [2.05, 4.69) is 0 Å². The van der Waals surface area contributed by atoms with Crippen LogP contribution in [0.3, 0.4) is 0 Å². The van der Waals surface area contributed by atoms with E-state index in [1.165, 1.54) is 14.2 Å². The van der Waals surface area contributed by atoms with E-state index in [0.717, 1.165) is 0 Å². The van der Waals surface area contributed by atoms with E-state index in [1.807, 2.05) is 0 Å². The number of carbonyl (C=O) groups excluding carboxylic acids is 1. The summed E-state index contributed by atoms with van der Waals surface area (Å²) in [5.74, 6) is -0.0563.